The quantitative estimate of drug-likeness (QED) is 0.866. The Morgan fingerprint density at radius 3 is 2.74 bits per heavy atom. The van der Waals surface area contributed by atoms with Gasteiger partial charge in [0, 0.05) is 5.69 Å². The van der Waals surface area contributed by atoms with Crippen molar-refractivity contribution in [3.8, 4) is 6.07 Å². The second-order valence-electron chi connectivity index (χ2n) is 5.10. The van der Waals surface area contributed by atoms with Crippen LogP contribution in [0.5, 0.6) is 0 Å². The molecular weight excluding hydrogens is 313 g/mol. The Balaban J connectivity index is 2.16. The summed E-state index contributed by atoms with van der Waals surface area (Å²) in [6.45, 7) is 5.37. The topological polar surface area (TPSA) is 65.8 Å². The number of carbonyl (C=O) groups excluding carboxylic acids is 1. The molecule has 1 heterocycles. The molecule has 0 saturated heterocycles. The van der Waals surface area contributed by atoms with E-state index in [1.165, 1.54) is 23.9 Å². The van der Waals surface area contributed by atoms with Gasteiger partial charge in [0.15, 0.2) is 0 Å². The van der Waals surface area contributed by atoms with Crippen LogP contribution in [0, 0.1) is 31.0 Å². The van der Waals surface area contributed by atoms with Gasteiger partial charge in [-0.05, 0) is 44.5 Å². The lowest BCUT2D eigenvalue weighted by Gasteiger charge is -2.14. The van der Waals surface area contributed by atoms with Crippen LogP contribution in [0.25, 0.3) is 0 Å². The molecule has 2 aromatic rings. The predicted octanol–water partition coefficient (Wildman–Crippen LogP) is 3.83. The fourth-order valence-electron chi connectivity index (χ4n) is 2.04. The van der Waals surface area contributed by atoms with E-state index >= 15 is 0 Å². The Bertz CT molecular complexity index is 786. The number of hydrogen-bond acceptors (Lipinski definition) is 4. The lowest BCUT2D eigenvalue weighted by molar-refractivity contribution is -0.115. The number of nitrogens with one attached hydrogen (secondary N) is 1. The molecule has 1 aromatic carbocycles. The van der Waals surface area contributed by atoms with E-state index < -0.39 is 11.1 Å². The Hall–Kier alpha value is -2.39. The van der Waals surface area contributed by atoms with Gasteiger partial charge < -0.3 is 5.32 Å². The van der Waals surface area contributed by atoms with Crippen LogP contribution in [-0.4, -0.2) is 16.1 Å². The van der Waals surface area contributed by atoms with Crippen molar-refractivity contribution >= 4 is 23.4 Å². The number of pyridine rings is 1. The molecule has 0 saturated carbocycles. The van der Waals surface area contributed by atoms with E-state index in [4.69, 9.17) is 0 Å². The average Bonchev–Trinajstić information content (AvgIpc) is 2.49. The van der Waals surface area contributed by atoms with E-state index in [1.54, 1.807) is 19.1 Å². The van der Waals surface area contributed by atoms with Gasteiger partial charge in [-0.3, -0.25) is 4.79 Å². The van der Waals surface area contributed by atoms with Crippen LogP contribution in [0.4, 0.5) is 10.1 Å². The van der Waals surface area contributed by atoms with Crippen molar-refractivity contribution in [2.75, 3.05) is 5.32 Å². The van der Waals surface area contributed by atoms with E-state index in [1.807, 2.05) is 19.9 Å². The summed E-state index contributed by atoms with van der Waals surface area (Å²) in [6.07, 6.45) is 0. The number of rotatable bonds is 4. The zero-order valence-electron chi connectivity index (χ0n) is 13.1. The summed E-state index contributed by atoms with van der Waals surface area (Å²) in [5.74, 6) is -0.828. The lowest BCUT2D eigenvalue weighted by atomic mass is 10.1. The molecule has 1 amide bonds. The van der Waals surface area contributed by atoms with Crippen molar-refractivity contribution in [3.05, 3.63) is 53.0 Å². The average molecular weight is 329 g/mol. The van der Waals surface area contributed by atoms with Crippen molar-refractivity contribution in [1.82, 2.24) is 4.98 Å². The van der Waals surface area contributed by atoms with Gasteiger partial charge in [0.25, 0.3) is 0 Å². The third-order valence-electron chi connectivity index (χ3n) is 3.21. The maximum Gasteiger partial charge on any atom is 0.237 e. The van der Waals surface area contributed by atoms with Crippen molar-refractivity contribution in [1.29, 1.82) is 5.26 Å². The smallest absolute Gasteiger partial charge is 0.237 e. The normalized spacial score (nSPS) is 11.6. The molecule has 23 heavy (non-hydrogen) atoms. The molecule has 0 aliphatic carbocycles. The molecule has 0 aliphatic heterocycles. The zero-order valence-corrected chi connectivity index (χ0v) is 13.9. The Kier molecular flexibility index (Phi) is 5.35. The number of anilines is 1. The van der Waals surface area contributed by atoms with Gasteiger partial charge in [0.1, 0.15) is 16.9 Å². The van der Waals surface area contributed by atoms with Crippen LogP contribution in [0.2, 0.25) is 0 Å². The molecule has 6 heteroatoms. The Morgan fingerprint density at radius 2 is 2.09 bits per heavy atom. The van der Waals surface area contributed by atoms with E-state index in [9.17, 15) is 14.4 Å². The fourth-order valence-corrected chi connectivity index (χ4v) is 3.06. The number of nitriles is 1. The van der Waals surface area contributed by atoms with Crippen LogP contribution >= 0.6 is 11.8 Å². The van der Waals surface area contributed by atoms with Crippen molar-refractivity contribution in [2.24, 2.45) is 0 Å². The predicted molar refractivity (Wildman–Crippen MR) is 88.8 cm³/mol. The van der Waals surface area contributed by atoms with Crippen LogP contribution in [0.1, 0.15) is 23.7 Å². The minimum atomic E-state index is -0.518. The lowest BCUT2D eigenvalue weighted by Crippen LogP contribution is -2.23. The molecule has 0 spiro atoms. The van der Waals surface area contributed by atoms with Gasteiger partial charge in [0.05, 0.1) is 16.5 Å². The monoisotopic (exact) mass is 329 g/mol. The summed E-state index contributed by atoms with van der Waals surface area (Å²) in [5.41, 5.74) is 2.21. The molecule has 0 aliphatic rings. The molecule has 1 aromatic heterocycles. The number of amides is 1. The molecule has 1 unspecified atom stereocenters. The van der Waals surface area contributed by atoms with Gasteiger partial charge in [-0.1, -0.05) is 23.9 Å². The number of aryl methyl sites for hydroxylation is 2. The van der Waals surface area contributed by atoms with E-state index in [0.717, 1.165) is 11.3 Å². The first kappa shape index (κ1) is 17.0. The molecule has 1 atom stereocenters. The van der Waals surface area contributed by atoms with Crippen LogP contribution in [-0.2, 0) is 4.79 Å². The maximum atomic E-state index is 13.6. The van der Waals surface area contributed by atoms with Crippen molar-refractivity contribution in [3.63, 3.8) is 0 Å². The standard InChI is InChI=1S/C17H16FN3OS/c1-10-8-11(2)20-17(13(10)9-19)23-12(3)16(22)21-15-7-5-4-6-14(15)18/h4-8,12H,1-3H3,(H,21,22). The Labute approximate surface area is 138 Å². The fraction of sp³-hybridized carbons (Fsp3) is 0.235. The number of thioether (sulfide) groups is 1. The molecule has 1 N–H and O–H groups in total. The molecular formula is C17H16FN3OS. The molecule has 4 nitrogen and oxygen atoms in total. The SMILES string of the molecule is Cc1cc(C)c(C#N)c(SC(C)C(=O)Nc2ccccc2F)n1. The van der Waals surface area contributed by atoms with E-state index in [2.05, 4.69) is 16.4 Å². The summed E-state index contributed by atoms with van der Waals surface area (Å²) in [5, 5.41) is 11.8. The van der Waals surface area contributed by atoms with Gasteiger partial charge >= 0.3 is 0 Å². The highest BCUT2D eigenvalue weighted by atomic mass is 32.2. The van der Waals surface area contributed by atoms with Crippen molar-refractivity contribution < 1.29 is 9.18 Å². The van der Waals surface area contributed by atoms with E-state index in [-0.39, 0.29) is 11.6 Å². The number of para-hydroxylation sites is 1. The van der Waals surface area contributed by atoms with Gasteiger partial charge in [-0.15, -0.1) is 0 Å². The minimum Gasteiger partial charge on any atom is -0.323 e. The van der Waals surface area contributed by atoms with E-state index in [0.29, 0.717) is 10.6 Å². The summed E-state index contributed by atoms with van der Waals surface area (Å²) in [6, 6.07) is 9.94. The zero-order chi connectivity index (χ0) is 17.0. The largest absolute Gasteiger partial charge is 0.323 e. The highest BCUT2D eigenvalue weighted by molar-refractivity contribution is 8.00. The van der Waals surface area contributed by atoms with Gasteiger partial charge in [0.2, 0.25) is 5.91 Å². The molecule has 0 bridgehead atoms. The minimum absolute atomic E-state index is 0.138. The molecule has 0 radical (unpaired) electrons. The summed E-state index contributed by atoms with van der Waals surface area (Å²) < 4.78 is 13.6. The van der Waals surface area contributed by atoms with Crippen LogP contribution < -0.4 is 5.32 Å². The van der Waals surface area contributed by atoms with Gasteiger partial charge in [-0.25, -0.2) is 9.37 Å². The third-order valence-corrected chi connectivity index (χ3v) is 4.30. The highest BCUT2D eigenvalue weighted by Gasteiger charge is 2.19. The van der Waals surface area contributed by atoms with Crippen molar-refractivity contribution in [2.45, 2.75) is 31.0 Å². The highest BCUT2D eigenvalue weighted by Crippen LogP contribution is 2.28. The number of hydrogen-bond donors (Lipinski definition) is 1. The number of nitrogens with zero attached hydrogens (tertiary/aromatic N) is 2. The number of halogens is 1. The molecule has 2 rings (SSSR count). The second kappa shape index (κ2) is 7.25. The third kappa shape index (κ3) is 4.08. The maximum absolute atomic E-state index is 13.6. The Morgan fingerprint density at radius 1 is 1.39 bits per heavy atom. The summed E-state index contributed by atoms with van der Waals surface area (Å²) in [4.78, 5) is 16.6. The summed E-state index contributed by atoms with van der Waals surface area (Å²) in [7, 11) is 0. The van der Waals surface area contributed by atoms with Crippen LogP contribution in [0.3, 0.4) is 0 Å². The van der Waals surface area contributed by atoms with Crippen LogP contribution in [0.15, 0.2) is 35.4 Å². The molecule has 0 fully saturated rings. The number of carbonyl (C=O) groups is 1. The second-order valence-corrected chi connectivity index (χ2v) is 6.43. The summed E-state index contributed by atoms with van der Waals surface area (Å²) >= 11 is 1.19. The van der Waals surface area contributed by atoms with Gasteiger partial charge in [-0.2, -0.15) is 5.26 Å². The first-order valence-corrected chi connectivity index (χ1v) is 7.90. The number of benzene rings is 1. The molecule has 118 valence electrons. The first-order chi connectivity index (χ1) is 10.9. The first-order valence-electron chi connectivity index (χ1n) is 7.02. The number of aromatic nitrogens is 1.